The number of hydrogen-bond donors (Lipinski definition) is 1. The first kappa shape index (κ1) is 25.8. The van der Waals surface area contributed by atoms with E-state index in [4.69, 9.17) is 27.9 Å². The molecule has 0 saturated heterocycles. The molecule has 1 atom stereocenters. The number of anilines is 1. The Kier molecular flexibility index (Phi) is 7.44. The number of amides is 1. The molecule has 1 unspecified atom stereocenters. The number of nitrogens with zero attached hydrogens (tertiary/aromatic N) is 3. The van der Waals surface area contributed by atoms with Gasteiger partial charge in [-0.1, -0.05) is 23.2 Å². The van der Waals surface area contributed by atoms with Gasteiger partial charge in [-0.3, -0.25) is 19.6 Å². The molecule has 0 bridgehead atoms. The fourth-order valence-electron chi connectivity index (χ4n) is 2.92. The van der Waals surface area contributed by atoms with Gasteiger partial charge in [0.25, 0.3) is 5.69 Å². The lowest BCUT2D eigenvalue weighted by Gasteiger charge is -2.15. The molecule has 0 saturated carbocycles. The van der Waals surface area contributed by atoms with Gasteiger partial charge in [0, 0.05) is 17.2 Å². The maximum Gasteiger partial charge on any atom is 0.436 e. The average molecular weight is 582 g/mol. The molecule has 0 aliphatic carbocycles. The number of nitro benzene ring substituents is 1. The molecule has 180 valence electrons. The second-order valence-electron chi connectivity index (χ2n) is 7.01. The molecule has 0 fully saturated rings. The lowest BCUT2D eigenvalue weighted by Crippen LogP contribution is -2.25. The van der Waals surface area contributed by atoms with Crippen molar-refractivity contribution >= 4 is 56.4 Å². The second-order valence-corrected chi connectivity index (χ2v) is 8.64. The number of carbonyl (C=O) groups excluding carboxylic acids is 1. The van der Waals surface area contributed by atoms with Crippen LogP contribution in [-0.2, 0) is 11.0 Å². The predicted molar refractivity (Wildman–Crippen MR) is 123 cm³/mol. The van der Waals surface area contributed by atoms with E-state index in [1.165, 1.54) is 38.1 Å². The van der Waals surface area contributed by atoms with Gasteiger partial charge in [0.1, 0.15) is 17.5 Å². The fourth-order valence-corrected chi connectivity index (χ4v) is 3.85. The van der Waals surface area contributed by atoms with Crippen LogP contribution >= 0.6 is 39.1 Å². The highest BCUT2D eigenvalue weighted by Gasteiger charge is 2.39. The molecule has 14 heteroatoms. The molecule has 1 N–H and O–H groups in total. The van der Waals surface area contributed by atoms with Crippen LogP contribution in [0, 0.1) is 17.0 Å². The lowest BCUT2D eigenvalue weighted by atomic mass is 10.2. The maximum atomic E-state index is 13.1. The molecule has 1 amide bonds. The van der Waals surface area contributed by atoms with Gasteiger partial charge in [0.2, 0.25) is 5.91 Å². The average Bonchev–Trinajstić information content (AvgIpc) is 3.04. The summed E-state index contributed by atoms with van der Waals surface area (Å²) in [7, 11) is 0. The number of alkyl halides is 3. The number of aromatic nitrogens is 2. The molecule has 0 radical (unpaired) electrons. The van der Waals surface area contributed by atoms with E-state index in [1.54, 1.807) is 0 Å². The summed E-state index contributed by atoms with van der Waals surface area (Å²) in [4.78, 5) is 23.4. The molecule has 0 spiro atoms. The molecule has 3 rings (SSSR count). The summed E-state index contributed by atoms with van der Waals surface area (Å²) >= 11 is 14.8. The number of nitro groups is 1. The second kappa shape index (κ2) is 9.80. The Morgan fingerprint density at radius 1 is 1.26 bits per heavy atom. The quantitative estimate of drug-likeness (QED) is 0.245. The van der Waals surface area contributed by atoms with Gasteiger partial charge < -0.3 is 10.1 Å². The van der Waals surface area contributed by atoms with E-state index in [1.807, 2.05) is 0 Å². The Morgan fingerprint density at radius 2 is 1.94 bits per heavy atom. The van der Waals surface area contributed by atoms with Crippen molar-refractivity contribution in [2.24, 2.45) is 0 Å². The fraction of sp³-hybridized carbons (Fsp3) is 0.200. The van der Waals surface area contributed by atoms with Gasteiger partial charge in [-0.15, -0.1) is 0 Å². The number of benzene rings is 2. The summed E-state index contributed by atoms with van der Waals surface area (Å²) in [5.41, 5.74) is -1.51. The van der Waals surface area contributed by atoms with Crippen LogP contribution in [0.25, 0.3) is 0 Å². The molecule has 3 aromatic rings. The van der Waals surface area contributed by atoms with Gasteiger partial charge >= 0.3 is 6.18 Å². The standard InChI is InChI=1S/C20H14BrCl2F3N4O4/c1-9-17(21)18(20(24,25)26)28-29(9)10(2)19(31)27-12-6-13(30(32)33)8-14(7-12)34-16-4-3-11(22)5-15(16)23/h3-8,10H,1-2H3,(H,27,31). The van der Waals surface area contributed by atoms with Crippen LogP contribution in [0.1, 0.15) is 24.4 Å². The first-order valence-corrected chi connectivity index (χ1v) is 10.9. The number of halogens is 6. The molecule has 1 aromatic heterocycles. The monoisotopic (exact) mass is 580 g/mol. The van der Waals surface area contributed by atoms with Crippen molar-refractivity contribution in [3.63, 3.8) is 0 Å². The summed E-state index contributed by atoms with van der Waals surface area (Å²) in [5.74, 6) is -0.615. The Hall–Kier alpha value is -2.83. The topological polar surface area (TPSA) is 99.3 Å². The Balaban J connectivity index is 1.90. The predicted octanol–water partition coefficient (Wildman–Crippen LogP) is 7.18. The molecule has 0 aliphatic rings. The third kappa shape index (κ3) is 5.62. The zero-order valence-electron chi connectivity index (χ0n) is 17.3. The third-order valence-electron chi connectivity index (χ3n) is 4.58. The van der Waals surface area contributed by atoms with Crippen LogP contribution in [0.4, 0.5) is 24.5 Å². The van der Waals surface area contributed by atoms with E-state index < -0.39 is 34.4 Å². The number of ether oxygens (including phenoxy) is 1. The smallest absolute Gasteiger partial charge is 0.436 e. The third-order valence-corrected chi connectivity index (χ3v) is 6.06. The van der Waals surface area contributed by atoms with Crippen LogP contribution in [-0.4, -0.2) is 20.6 Å². The van der Waals surface area contributed by atoms with Gasteiger partial charge in [-0.25, -0.2) is 0 Å². The van der Waals surface area contributed by atoms with Crippen LogP contribution in [0.2, 0.25) is 10.0 Å². The Morgan fingerprint density at radius 3 is 2.50 bits per heavy atom. The molecular weight excluding hydrogens is 568 g/mol. The summed E-state index contributed by atoms with van der Waals surface area (Å²) in [6.45, 7) is 2.70. The van der Waals surface area contributed by atoms with Crippen molar-refractivity contribution < 1.29 is 27.6 Å². The molecule has 2 aromatic carbocycles. The number of nitrogens with one attached hydrogen (secondary N) is 1. The van der Waals surface area contributed by atoms with Crippen molar-refractivity contribution in [1.82, 2.24) is 9.78 Å². The molecule has 8 nitrogen and oxygen atoms in total. The number of rotatable bonds is 6. The van der Waals surface area contributed by atoms with Crippen molar-refractivity contribution in [3.8, 4) is 11.5 Å². The van der Waals surface area contributed by atoms with Crippen molar-refractivity contribution in [3.05, 3.63) is 72.4 Å². The summed E-state index contributed by atoms with van der Waals surface area (Å²) in [6.07, 6.45) is -4.72. The zero-order chi connectivity index (χ0) is 25.4. The van der Waals surface area contributed by atoms with Gasteiger partial charge in [-0.05, 0) is 48.0 Å². The van der Waals surface area contributed by atoms with Gasteiger partial charge in [0.15, 0.2) is 5.69 Å². The molecule has 0 aliphatic heterocycles. The van der Waals surface area contributed by atoms with E-state index in [9.17, 15) is 28.1 Å². The van der Waals surface area contributed by atoms with E-state index in [2.05, 4.69) is 26.3 Å². The number of hydrogen-bond acceptors (Lipinski definition) is 5. The number of non-ortho nitro benzene ring substituents is 1. The minimum atomic E-state index is -4.72. The first-order valence-electron chi connectivity index (χ1n) is 9.33. The SMILES string of the molecule is Cc1c(Br)c(C(F)(F)F)nn1C(C)C(=O)Nc1cc(Oc2ccc(Cl)cc2Cl)cc([N+](=O)[O-])c1. The number of carbonyl (C=O) groups is 1. The van der Waals surface area contributed by atoms with E-state index in [-0.39, 0.29) is 32.4 Å². The van der Waals surface area contributed by atoms with E-state index >= 15 is 0 Å². The van der Waals surface area contributed by atoms with Crippen LogP contribution in [0.15, 0.2) is 40.9 Å². The van der Waals surface area contributed by atoms with Crippen molar-refractivity contribution in [1.29, 1.82) is 0 Å². The van der Waals surface area contributed by atoms with Gasteiger partial charge in [0.05, 0.1) is 31.9 Å². The largest absolute Gasteiger partial charge is 0.455 e. The normalized spacial score (nSPS) is 12.4. The minimum absolute atomic E-state index is 0.0150. The van der Waals surface area contributed by atoms with Crippen LogP contribution < -0.4 is 10.1 Å². The molecule has 1 heterocycles. The maximum absolute atomic E-state index is 13.1. The van der Waals surface area contributed by atoms with Crippen molar-refractivity contribution in [2.75, 3.05) is 5.32 Å². The minimum Gasteiger partial charge on any atom is -0.455 e. The highest BCUT2D eigenvalue weighted by atomic mass is 79.9. The van der Waals surface area contributed by atoms with Gasteiger partial charge in [-0.2, -0.15) is 18.3 Å². The van der Waals surface area contributed by atoms with E-state index in [0.29, 0.717) is 5.02 Å². The summed E-state index contributed by atoms with van der Waals surface area (Å²) in [5, 5.41) is 17.8. The summed E-state index contributed by atoms with van der Waals surface area (Å²) in [6, 6.07) is 6.70. The van der Waals surface area contributed by atoms with Crippen LogP contribution in [0.5, 0.6) is 11.5 Å². The van der Waals surface area contributed by atoms with Crippen LogP contribution in [0.3, 0.4) is 0 Å². The molecular formula is C20H14BrCl2F3N4O4. The van der Waals surface area contributed by atoms with E-state index in [0.717, 1.165) is 16.8 Å². The first-order chi connectivity index (χ1) is 15.8. The summed E-state index contributed by atoms with van der Waals surface area (Å²) < 4.78 is 45.7. The van der Waals surface area contributed by atoms with Crippen molar-refractivity contribution in [2.45, 2.75) is 26.1 Å². The Labute approximate surface area is 208 Å². The lowest BCUT2D eigenvalue weighted by molar-refractivity contribution is -0.384. The zero-order valence-corrected chi connectivity index (χ0v) is 20.4. The molecule has 34 heavy (non-hydrogen) atoms. The Bertz CT molecular complexity index is 1280. The highest BCUT2D eigenvalue weighted by Crippen LogP contribution is 2.37. The highest BCUT2D eigenvalue weighted by molar-refractivity contribution is 9.10.